The number of ether oxygens (including phenoxy) is 2. The first-order valence-corrected chi connectivity index (χ1v) is 5.12. The second-order valence-corrected chi connectivity index (χ2v) is 3.62. The second kappa shape index (κ2) is 5.56. The van der Waals surface area contributed by atoms with E-state index in [0.29, 0.717) is 28.4 Å². The molecule has 0 N–H and O–H groups in total. The molecule has 1 aromatic rings. The maximum atomic E-state index is 10.6. The molecule has 86 valence electrons. The van der Waals surface area contributed by atoms with Gasteiger partial charge in [0.05, 0.1) is 12.1 Å². The van der Waals surface area contributed by atoms with Crippen LogP contribution < -0.4 is 9.47 Å². The van der Waals surface area contributed by atoms with Gasteiger partial charge in [-0.15, -0.1) is 0 Å². The highest BCUT2D eigenvalue weighted by molar-refractivity contribution is 6.32. The minimum Gasteiger partial charge on any atom is -0.493 e. The van der Waals surface area contributed by atoms with Gasteiger partial charge in [-0.25, -0.2) is 0 Å². The Bertz CT molecular complexity index is 401. The SMILES string of the molecule is C=CC(C)Oc1c(Cl)cc(C=O)cc1OC. The van der Waals surface area contributed by atoms with E-state index >= 15 is 0 Å². The molecule has 0 amide bonds. The van der Waals surface area contributed by atoms with Gasteiger partial charge in [0.2, 0.25) is 0 Å². The molecule has 0 aliphatic heterocycles. The maximum Gasteiger partial charge on any atom is 0.180 e. The van der Waals surface area contributed by atoms with Crippen LogP contribution >= 0.6 is 11.6 Å². The van der Waals surface area contributed by atoms with Gasteiger partial charge in [-0.05, 0) is 19.1 Å². The number of rotatable bonds is 5. The molecule has 1 atom stereocenters. The van der Waals surface area contributed by atoms with Crippen molar-refractivity contribution < 1.29 is 14.3 Å². The molecule has 1 aromatic carbocycles. The molecule has 4 heteroatoms. The van der Waals surface area contributed by atoms with Crippen molar-refractivity contribution in [2.24, 2.45) is 0 Å². The fourth-order valence-electron chi connectivity index (χ4n) is 1.16. The zero-order chi connectivity index (χ0) is 12.1. The summed E-state index contributed by atoms with van der Waals surface area (Å²) in [6.45, 7) is 5.44. The molecule has 0 saturated carbocycles. The summed E-state index contributed by atoms with van der Waals surface area (Å²) in [4.78, 5) is 10.6. The molecule has 16 heavy (non-hydrogen) atoms. The third kappa shape index (κ3) is 2.76. The van der Waals surface area contributed by atoms with Gasteiger partial charge < -0.3 is 9.47 Å². The molecule has 1 unspecified atom stereocenters. The van der Waals surface area contributed by atoms with Crippen molar-refractivity contribution in [2.45, 2.75) is 13.0 Å². The van der Waals surface area contributed by atoms with Gasteiger partial charge >= 0.3 is 0 Å². The third-order valence-corrected chi connectivity index (χ3v) is 2.30. The van der Waals surface area contributed by atoms with E-state index in [1.807, 2.05) is 6.92 Å². The van der Waals surface area contributed by atoms with Gasteiger partial charge in [0.1, 0.15) is 12.4 Å². The van der Waals surface area contributed by atoms with Crippen LogP contribution in [0.4, 0.5) is 0 Å². The molecule has 0 radical (unpaired) electrons. The molecule has 0 aliphatic rings. The van der Waals surface area contributed by atoms with Crippen molar-refractivity contribution in [3.63, 3.8) is 0 Å². The van der Waals surface area contributed by atoms with Gasteiger partial charge in [0, 0.05) is 5.56 Å². The van der Waals surface area contributed by atoms with Crippen molar-refractivity contribution in [3.8, 4) is 11.5 Å². The number of carbonyl (C=O) groups excluding carboxylic acids is 1. The van der Waals surface area contributed by atoms with Crippen LogP contribution in [0.3, 0.4) is 0 Å². The van der Waals surface area contributed by atoms with E-state index in [1.165, 1.54) is 13.2 Å². The average Bonchev–Trinajstić information content (AvgIpc) is 2.30. The van der Waals surface area contributed by atoms with Crippen molar-refractivity contribution in [3.05, 3.63) is 35.4 Å². The highest BCUT2D eigenvalue weighted by Crippen LogP contribution is 2.36. The van der Waals surface area contributed by atoms with E-state index in [4.69, 9.17) is 21.1 Å². The van der Waals surface area contributed by atoms with Crippen LogP contribution in [0.25, 0.3) is 0 Å². The lowest BCUT2D eigenvalue weighted by Gasteiger charge is -2.15. The van der Waals surface area contributed by atoms with Crippen molar-refractivity contribution in [1.29, 1.82) is 0 Å². The van der Waals surface area contributed by atoms with Crippen LogP contribution in [0, 0.1) is 0 Å². The first-order valence-electron chi connectivity index (χ1n) is 4.74. The Hall–Kier alpha value is -1.48. The fraction of sp³-hybridized carbons (Fsp3) is 0.250. The smallest absolute Gasteiger partial charge is 0.180 e. The zero-order valence-corrected chi connectivity index (χ0v) is 9.95. The first-order chi connectivity index (χ1) is 7.62. The second-order valence-electron chi connectivity index (χ2n) is 3.21. The van der Waals surface area contributed by atoms with Crippen LogP contribution in [0.1, 0.15) is 17.3 Å². The number of halogens is 1. The molecular formula is C12H13ClO3. The predicted octanol–water partition coefficient (Wildman–Crippen LogP) is 3.11. The monoisotopic (exact) mass is 240 g/mol. The van der Waals surface area contributed by atoms with E-state index in [2.05, 4.69) is 6.58 Å². The molecule has 0 bridgehead atoms. The van der Waals surface area contributed by atoms with Gasteiger partial charge in [-0.2, -0.15) is 0 Å². The highest BCUT2D eigenvalue weighted by atomic mass is 35.5. The Labute approximate surface area is 99.6 Å². The van der Waals surface area contributed by atoms with Gasteiger partial charge in [-0.3, -0.25) is 4.79 Å². The van der Waals surface area contributed by atoms with Crippen molar-refractivity contribution in [2.75, 3.05) is 7.11 Å². The summed E-state index contributed by atoms with van der Waals surface area (Å²) in [5.74, 6) is 0.852. The summed E-state index contributed by atoms with van der Waals surface area (Å²) in [5.41, 5.74) is 0.445. The summed E-state index contributed by atoms with van der Waals surface area (Å²) in [6, 6.07) is 3.10. The lowest BCUT2D eigenvalue weighted by Crippen LogP contribution is -2.09. The predicted molar refractivity (Wildman–Crippen MR) is 63.7 cm³/mol. The summed E-state index contributed by atoms with van der Waals surface area (Å²) < 4.78 is 10.6. The summed E-state index contributed by atoms with van der Waals surface area (Å²) in [5, 5.41) is 0.343. The zero-order valence-electron chi connectivity index (χ0n) is 9.20. The Morgan fingerprint density at radius 1 is 1.50 bits per heavy atom. The molecule has 0 heterocycles. The lowest BCUT2D eigenvalue weighted by molar-refractivity contribution is 0.112. The highest BCUT2D eigenvalue weighted by Gasteiger charge is 2.13. The third-order valence-electron chi connectivity index (χ3n) is 2.02. The minimum absolute atomic E-state index is 0.187. The van der Waals surface area contributed by atoms with Gasteiger partial charge in [-0.1, -0.05) is 24.3 Å². The van der Waals surface area contributed by atoms with Crippen LogP contribution in [0.15, 0.2) is 24.8 Å². The Balaban J connectivity index is 3.15. The van der Waals surface area contributed by atoms with E-state index in [1.54, 1.807) is 12.1 Å². The number of carbonyl (C=O) groups is 1. The number of aldehydes is 1. The Kier molecular flexibility index (Phi) is 4.38. The minimum atomic E-state index is -0.187. The molecule has 0 aliphatic carbocycles. The van der Waals surface area contributed by atoms with E-state index in [0.717, 1.165) is 0 Å². The quantitative estimate of drug-likeness (QED) is 0.586. The molecular weight excluding hydrogens is 228 g/mol. The molecule has 0 spiro atoms. The molecule has 0 aromatic heterocycles. The summed E-state index contributed by atoms with van der Waals surface area (Å²) in [6.07, 6.45) is 2.16. The molecule has 3 nitrogen and oxygen atoms in total. The molecule has 0 fully saturated rings. The average molecular weight is 241 g/mol. The van der Waals surface area contributed by atoms with Gasteiger partial charge in [0.15, 0.2) is 11.5 Å². The first kappa shape index (κ1) is 12.6. The lowest BCUT2D eigenvalue weighted by atomic mass is 10.2. The normalized spacial score (nSPS) is 11.7. The van der Waals surface area contributed by atoms with E-state index < -0.39 is 0 Å². The fourth-order valence-corrected chi connectivity index (χ4v) is 1.42. The van der Waals surface area contributed by atoms with Crippen LogP contribution in [0.5, 0.6) is 11.5 Å². The van der Waals surface area contributed by atoms with Crippen LogP contribution in [0.2, 0.25) is 5.02 Å². The number of hydrogen-bond donors (Lipinski definition) is 0. The summed E-state index contributed by atoms with van der Waals surface area (Å²) >= 11 is 5.99. The summed E-state index contributed by atoms with van der Waals surface area (Å²) in [7, 11) is 1.49. The van der Waals surface area contributed by atoms with Gasteiger partial charge in [0.25, 0.3) is 0 Å². The number of methoxy groups -OCH3 is 1. The van der Waals surface area contributed by atoms with Crippen LogP contribution in [-0.4, -0.2) is 19.5 Å². The molecule has 0 saturated heterocycles. The Morgan fingerprint density at radius 3 is 2.69 bits per heavy atom. The van der Waals surface area contributed by atoms with E-state index in [-0.39, 0.29) is 6.10 Å². The van der Waals surface area contributed by atoms with Crippen LogP contribution in [-0.2, 0) is 0 Å². The topological polar surface area (TPSA) is 35.5 Å². The van der Waals surface area contributed by atoms with Crippen molar-refractivity contribution >= 4 is 17.9 Å². The number of benzene rings is 1. The standard InChI is InChI=1S/C12H13ClO3/c1-4-8(2)16-12-10(13)5-9(7-14)6-11(12)15-3/h4-8H,1H2,2-3H3. The molecule has 1 rings (SSSR count). The number of hydrogen-bond acceptors (Lipinski definition) is 3. The van der Waals surface area contributed by atoms with E-state index in [9.17, 15) is 4.79 Å². The largest absolute Gasteiger partial charge is 0.493 e. The Morgan fingerprint density at radius 2 is 2.19 bits per heavy atom. The maximum absolute atomic E-state index is 10.6. The van der Waals surface area contributed by atoms with Crippen molar-refractivity contribution in [1.82, 2.24) is 0 Å².